The van der Waals surface area contributed by atoms with Gasteiger partial charge in [0.2, 0.25) is 0 Å². The molecule has 88 valence electrons. The van der Waals surface area contributed by atoms with E-state index < -0.39 is 13.0 Å². The fraction of sp³-hybridized carbons (Fsp3) is 0.500. The van der Waals surface area contributed by atoms with Gasteiger partial charge in [0.05, 0.1) is 6.61 Å². The Bertz CT molecular complexity index is 313. The van der Waals surface area contributed by atoms with E-state index in [1.165, 1.54) is 12.8 Å². The predicted octanol–water partition coefficient (Wildman–Crippen LogP) is 3.12. The molecule has 0 atom stereocenters. The molecule has 1 aliphatic rings. The molecular weight excluding hydrogens is 214 g/mol. The normalized spacial score (nSPS) is 15.2. The molecule has 0 aromatic heterocycles. The van der Waals surface area contributed by atoms with Gasteiger partial charge in [0, 0.05) is 0 Å². The van der Waals surface area contributed by atoms with Crippen molar-refractivity contribution in [1.29, 1.82) is 0 Å². The summed E-state index contributed by atoms with van der Waals surface area (Å²) in [5.41, 5.74) is 0. The third-order valence-corrected chi connectivity index (χ3v) is 2.39. The molecule has 0 saturated heterocycles. The van der Waals surface area contributed by atoms with Crippen LogP contribution in [0.25, 0.3) is 0 Å². The van der Waals surface area contributed by atoms with Gasteiger partial charge in [-0.15, -0.1) is 0 Å². The van der Waals surface area contributed by atoms with Crippen LogP contribution in [0.5, 0.6) is 11.5 Å². The first kappa shape index (κ1) is 11.2. The maximum atomic E-state index is 12.0. The van der Waals surface area contributed by atoms with Crippen LogP contribution in [0.15, 0.2) is 24.3 Å². The summed E-state index contributed by atoms with van der Waals surface area (Å²) in [7, 11) is 0. The molecule has 0 spiro atoms. The van der Waals surface area contributed by atoms with Crippen LogP contribution in [0.4, 0.5) is 8.78 Å². The summed E-state index contributed by atoms with van der Waals surface area (Å²) in [4.78, 5) is 0. The van der Waals surface area contributed by atoms with Crippen LogP contribution in [0.3, 0.4) is 0 Å². The Kier molecular flexibility index (Phi) is 3.59. The number of alkyl halides is 2. The highest BCUT2D eigenvalue weighted by Crippen LogP contribution is 2.32. The molecule has 2 rings (SSSR count). The minimum atomic E-state index is -2.46. The zero-order valence-corrected chi connectivity index (χ0v) is 8.86. The van der Waals surface area contributed by atoms with Crippen LogP contribution in [0.2, 0.25) is 0 Å². The van der Waals surface area contributed by atoms with Gasteiger partial charge in [-0.3, -0.25) is 0 Å². The molecule has 1 fully saturated rings. The van der Waals surface area contributed by atoms with E-state index in [0.717, 1.165) is 0 Å². The zero-order valence-electron chi connectivity index (χ0n) is 8.86. The molecule has 0 radical (unpaired) electrons. The Morgan fingerprint density at radius 3 is 2.31 bits per heavy atom. The van der Waals surface area contributed by atoms with Crippen molar-refractivity contribution in [3.05, 3.63) is 24.3 Å². The monoisotopic (exact) mass is 228 g/mol. The van der Waals surface area contributed by atoms with E-state index in [0.29, 0.717) is 24.0 Å². The van der Waals surface area contributed by atoms with Gasteiger partial charge in [0.15, 0.2) is 11.5 Å². The lowest BCUT2D eigenvalue weighted by atomic mass is 10.3. The minimum absolute atomic E-state index is 0.392. The first-order valence-electron chi connectivity index (χ1n) is 5.38. The molecule has 0 bridgehead atoms. The summed E-state index contributed by atoms with van der Waals surface area (Å²) in [6.07, 6.45) is -0.0726. The molecule has 0 unspecified atom stereocenters. The van der Waals surface area contributed by atoms with Gasteiger partial charge >= 0.3 is 0 Å². The summed E-state index contributed by atoms with van der Waals surface area (Å²) in [5, 5.41) is 0. The molecule has 16 heavy (non-hydrogen) atoms. The molecule has 1 aliphatic carbocycles. The SMILES string of the molecule is FC(F)COc1ccccc1OCC1CC1. The van der Waals surface area contributed by atoms with Gasteiger partial charge in [-0.05, 0) is 30.9 Å². The van der Waals surface area contributed by atoms with Crippen molar-refractivity contribution in [2.24, 2.45) is 5.92 Å². The van der Waals surface area contributed by atoms with Gasteiger partial charge in [-0.1, -0.05) is 12.1 Å². The predicted molar refractivity (Wildman–Crippen MR) is 56.2 cm³/mol. The van der Waals surface area contributed by atoms with Crippen LogP contribution in [-0.2, 0) is 0 Å². The van der Waals surface area contributed by atoms with Crippen molar-refractivity contribution in [1.82, 2.24) is 0 Å². The average molecular weight is 228 g/mol. The zero-order chi connectivity index (χ0) is 11.4. The van der Waals surface area contributed by atoms with E-state index in [4.69, 9.17) is 9.47 Å². The highest BCUT2D eigenvalue weighted by molar-refractivity contribution is 5.39. The number of benzene rings is 1. The minimum Gasteiger partial charge on any atom is -0.489 e. The smallest absolute Gasteiger partial charge is 0.272 e. The van der Waals surface area contributed by atoms with Crippen molar-refractivity contribution < 1.29 is 18.3 Å². The summed E-state index contributed by atoms with van der Waals surface area (Å²) in [5.74, 6) is 1.57. The largest absolute Gasteiger partial charge is 0.489 e. The molecule has 2 nitrogen and oxygen atoms in total. The highest BCUT2D eigenvalue weighted by Gasteiger charge is 2.22. The first-order valence-corrected chi connectivity index (χ1v) is 5.38. The lowest BCUT2D eigenvalue weighted by Crippen LogP contribution is -2.08. The van der Waals surface area contributed by atoms with Crippen LogP contribution < -0.4 is 9.47 Å². The third kappa shape index (κ3) is 3.36. The Morgan fingerprint density at radius 2 is 1.75 bits per heavy atom. The number of ether oxygens (including phenoxy) is 2. The molecule has 0 amide bonds. The molecule has 1 aromatic rings. The fourth-order valence-electron chi connectivity index (χ4n) is 1.33. The second-order valence-electron chi connectivity index (χ2n) is 3.90. The number of halogens is 2. The molecule has 0 aliphatic heterocycles. The summed E-state index contributed by atoms with van der Waals surface area (Å²) >= 11 is 0. The standard InChI is InChI=1S/C12H14F2O2/c13-12(14)8-16-11-4-2-1-3-10(11)15-7-9-5-6-9/h1-4,9,12H,5-8H2. The number of hydrogen-bond donors (Lipinski definition) is 0. The van der Waals surface area contributed by atoms with Crippen LogP contribution >= 0.6 is 0 Å². The van der Waals surface area contributed by atoms with Crippen molar-refractivity contribution in [2.45, 2.75) is 19.3 Å². The molecule has 0 N–H and O–H groups in total. The molecule has 4 heteroatoms. The van der Waals surface area contributed by atoms with Gasteiger partial charge in [0.25, 0.3) is 6.43 Å². The summed E-state index contributed by atoms with van der Waals surface area (Å²) in [6, 6.07) is 6.93. The van der Waals surface area contributed by atoms with Gasteiger partial charge in [-0.25, -0.2) is 8.78 Å². The molecule has 0 heterocycles. The number of para-hydroxylation sites is 2. The van der Waals surface area contributed by atoms with Crippen molar-refractivity contribution in [3.63, 3.8) is 0 Å². The van der Waals surface area contributed by atoms with E-state index in [1.807, 2.05) is 0 Å². The summed E-state index contributed by atoms with van der Waals surface area (Å²) < 4.78 is 34.5. The van der Waals surface area contributed by atoms with Crippen LogP contribution in [-0.4, -0.2) is 19.6 Å². The third-order valence-electron chi connectivity index (χ3n) is 2.39. The summed E-state index contributed by atoms with van der Waals surface area (Å²) in [6.45, 7) is 0.0544. The molecular formula is C12H14F2O2. The Balaban J connectivity index is 1.92. The van der Waals surface area contributed by atoms with E-state index in [-0.39, 0.29) is 0 Å². The van der Waals surface area contributed by atoms with Gasteiger partial charge < -0.3 is 9.47 Å². The van der Waals surface area contributed by atoms with E-state index in [2.05, 4.69) is 0 Å². The van der Waals surface area contributed by atoms with Gasteiger partial charge in [-0.2, -0.15) is 0 Å². The Hall–Kier alpha value is -1.32. The second kappa shape index (κ2) is 5.14. The second-order valence-corrected chi connectivity index (χ2v) is 3.90. The van der Waals surface area contributed by atoms with Crippen molar-refractivity contribution in [2.75, 3.05) is 13.2 Å². The number of rotatable bonds is 6. The average Bonchev–Trinajstić information content (AvgIpc) is 3.08. The highest BCUT2D eigenvalue weighted by atomic mass is 19.3. The maximum absolute atomic E-state index is 12.0. The number of hydrogen-bond acceptors (Lipinski definition) is 2. The van der Waals surface area contributed by atoms with Crippen LogP contribution in [0.1, 0.15) is 12.8 Å². The van der Waals surface area contributed by atoms with E-state index in [9.17, 15) is 8.78 Å². The van der Waals surface area contributed by atoms with E-state index >= 15 is 0 Å². The lowest BCUT2D eigenvalue weighted by Gasteiger charge is -2.11. The molecule has 1 aromatic carbocycles. The molecule has 1 saturated carbocycles. The lowest BCUT2D eigenvalue weighted by molar-refractivity contribution is 0.0798. The quantitative estimate of drug-likeness (QED) is 0.744. The maximum Gasteiger partial charge on any atom is 0.272 e. The van der Waals surface area contributed by atoms with Crippen LogP contribution in [0, 0.1) is 5.92 Å². The van der Waals surface area contributed by atoms with E-state index in [1.54, 1.807) is 24.3 Å². The van der Waals surface area contributed by atoms with Crippen molar-refractivity contribution in [3.8, 4) is 11.5 Å². The van der Waals surface area contributed by atoms with Crippen molar-refractivity contribution >= 4 is 0 Å². The first-order chi connectivity index (χ1) is 7.75. The van der Waals surface area contributed by atoms with Gasteiger partial charge in [0.1, 0.15) is 6.61 Å². The Labute approximate surface area is 93.2 Å². The Morgan fingerprint density at radius 1 is 1.12 bits per heavy atom. The topological polar surface area (TPSA) is 18.5 Å². The fourth-order valence-corrected chi connectivity index (χ4v) is 1.33.